The Kier molecular flexibility index (Phi) is 7.67. The standard InChI is InChI=1S/C54H38N2OS/c1-2-12-37(13-3-1)56-47-19-7-4-14-43(47)44-33-32-40(34-48(44)56)55(38-28-24-35(25-29-38)41-17-10-21-50-53(41)45-15-5-8-20-49(45)57-50)39-30-26-36(27-31-39)42-18-11-23-52-54(42)46-16-6-9-22-51(46)58-52/h1-10,12-17,19-26,28-30,32-34H,11,18,27,31H2. The number of hydrogen-bond acceptors (Lipinski definition) is 3. The van der Waals surface area contributed by atoms with Gasteiger partial charge >= 0.3 is 0 Å². The molecule has 0 fully saturated rings. The smallest absolute Gasteiger partial charge is 0.136 e. The first-order valence-electron chi connectivity index (χ1n) is 20.3. The number of allylic oxidation sites excluding steroid dienone is 4. The molecule has 0 atom stereocenters. The molecular weight excluding hydrogens is 725 g/mol. The fourth-order valence-electron chi connectivity index (χ4n) is 9.62. The molecule has 0 unspecified atom stereocenters. The zero-order valence-electron chi connectivity index (χ0n) is 31.9. The van der Waals surface area contributed by atoms with Crippen LogP contribution < -0.4 is 14.7 Å². The third-order valence-electron chi connectivity index (χ3n) is 12.2. The summed E-state index contributed by atoms with van der Waals surface area (Å²) >= 11 is 1.94. The first-order chi connectivity index (χ1) is 28.8. The highest BCUT2D eigenvalue weighted by atomic mass is 32.1. The van der Waals surface area contributed by atoms with Gasteiger partial charge in [0.2, 0.25) is 0 Å². The van der Waals surface area contributed by atoms with Gasteiger partial charge in [-0.1, -0.05) is 115 Å². The lowest BCUT2D eigenvalue weighted by Crippen LogP contribution is -2.26. The molecule has 4 heteroatoms. The lowest BCUT2D eigenvalue weighted by Gasteiger charge is -2.30. The minimum atomic E-state index is 0.915. The van der Waals surface area contributed by atoms with Crippen LogP contribution in [0.5, 0.6) is 0 Å². The number of rotatable bonds is 6. The zero-order chi connectivity index (χ0) is 38.2. The van der Waals surface area contributed by atoms with Gasteiger partial charge < -0.3 is 13.9 Å². The molecule has 0 spiro atoms. The number of benzene rings is 7. The topological polar surface area (TPSA) is 21.3 Å². The minimum Gasteiger partial charge on any atom is -0.456 e. The highest BCUT2D eigenvalue weighted by Crippen LogP contribution is 2.42. The Balaban J connectivity index is 1.03. The second-order valence-electron chi connectivity index (χ2n) is 15.5. The highest BCUT2D eigenvalue weighted by molar-refractivity contribution is 7.17. The third kappa shape index (κ3) is 5.25. The molecule has 2 aliphatic carbocycles. The van der Waals surface area contributed by atoms with Crippen LogP contribution in [-0.4, -0.2) is 4.57 Å². The fraction of sp³-hybridized carbons (Fsp3) is 0.0741. The van der Waals surface area contributed by atoms with Gasteiger partial charge in [-0.3, -0.25) is 0 Å². The first kappa shape index (κ1) is 33.3. The summed E-state index contributed by atoms with van der Waals surface area (Å²) in [6.07, 6.45) is 11.4. The Morgan fingerprint density at radius 3 is 2.16 bits per heavy atom. The van der Waals surface area contributed by atoms with Crippen molar-refractivity contribution in [2.24, 2.45) is 0 Å². The third-order valence-corrected chi connectivity index (χ3v) is 13.4. The fourth-order valence-corrected chi connectivity index (χ4v) is 10.8. The summed E-state index contributed by atoms with van der Waals surface area (Å²) in [5, 5.41) is 7.68. The van der Waals surface area contributed by atoms with Crippen LogP contribution in [0.25, 0.3) is 82.3 Å². The van der Waals surface area contributed by atoms with Gasteiger partial charge in [0.1, 0.15) is 11.2 Å². The van der Waals surface area contributed by atoms with E-state index in [0.29, 0.717) is 0 Å². The molecule has 2 aliphatic rings. The van der Waals surface area contributed by atoms with E-state index >= 15 is 0 Å². The number of thiophene rings is 1. The van der Waals surface area contributed by atoms with E-state index in [-0.39, 0.29) is 0 Å². The van der Waals surface area contributed by atoms with Gasteiger partial charge in [-0.2, -0.15) is 0 Å². The predicted molar refractivity (Wildman–Crippen MR) is 246 cm³/mol. The Morgan fingerprint density at radius 2 is 1.29 bits per heavy atom. The number of furan rings is 1. The minimum absolute atomic E-state index is 0.915. The van der Waals surface area contributed by atoms with E-state index in [1.165, 1.54) is 69.6 Å². The largest absolute Gasteiger partial charge is 0.456 e. The molecule has 3 nitrogen and oxygen atoms in total. The molecule has 7 aromatic carbocycles. The SMILES string of the molecule is C1=C(C2=c3c(sc4ccccc34)=CCC2)CCC(N(c2ccc(-c3cccc4oc5ccccc5c34)cc2)c2ccc3c4ccccc4n(-c4ccccc4)c3c2)=C1. The van der Waals surface area contributed by atoms with Crippen LogP contribution in [0.3, 0.4) is 0 Å². The Labute approximate surface area is 340 Å². The molecular formula is C54H38N2OS. The molecule has 0 radical (unpaired) electrons. The highest BCUT2D eigenvalue weighted by Gasteiger charge is 2.23. The summed E-state index contributed by atoms with van der Waals surface area (Å²) < 4.78 is 11.5. The Hall–Kier alpha value is -6.88. The van der Waals surface area contributed by atoms with Crippen molar-refractivity contribution in [3.8, 4) is 16.8 Å². The average Bonchev–Trinajstić information content (AvgIpc) is 3.97. The summed E-state index contributed by atoms with van der Waals surface area (Å²) in [4.78, 5) is 2.49. The second kappa shape index (κ2) is 13.4. The van der Waals surface area contributed by atoms with E-state index in [9.17, 15) is 0 Å². The summed E-state index contributed by atoms with van der Waals surface area (Å²) in [5.74, 6) is 0. The van der Waals surface area contributed by atoms with Crippen molar-refractivity contribution < 1.29 is 4.42 Å². The summed E-state index contributed by atoms with van der Waals surface area (Å²) in [6.45, 7) is 0. The number of hydrogen-bond donors (Lipinski definition) is 0. The van der Waals surface area contributed by atoms with Crippen molar-refractivity contribution in [2.75, 3.05) is 4.90 Å². The summed E-state index contributed by atoms with van der Waals surface area (Å²) in [7, 11) is 0. The van der Waals surface area contributed by atoms with Crippen molar-refractivity contribution in [1.29, 1.82) is 0 Å². The maximum atomic E-state index is 6.27. The van der Waals surface area contributed by atoms with Gasteiger partial charge in [0.05, 0.1) is 11.0 Å². The van der Waals surface area contributed by atoms with Gasteiger partial charge in [0.25, 0.3) is 0 Å². The number of fused-ring (bicyclic) bond motifs is 9. The van der Waals surface area contributed by atoms with Crippen molar-refractivity contribution in [3.63, 3.8) is 0 Å². The lowest BCUT2D eigenvalue weighted by atomic mass is 9.88. The molecule has 3 heterocycles. The second-order valence-corrected chi connectivity index (χ2v) is 16.5. The van der Waals surface area contributed by atoms with E-state index in [1.54, 1.807) is 0 Å². The monoisotopic (exact) mass is 762 g/mol. The van der Waals surface area contributed by atoms with Gasteiger partial charge in [-0.05, 0) is 115 Å². The van der Waals surface area contributed by atoms with E-state index in [1.807, 2.05) is 17.4 Å². The average molecular weight is 763 g/mol. The van der Waals surface area contributed by atoms with Crippen molar-refractivity contribution in [3.05, 3.63) is 197 Å². The predicted octanol–water partition coefficient (Wildman–Crippen LogP) is 13.7. The number of aromatic nitrogens is 1. The van der Waals surface area contributed by atoms with Crippen LogP contribution in [0.1, 0.15) is 25.7 Å². The first-order valence-corrected chi connectivity index (χ1v) is 21.1. The molecule has 0 bridgehead atoms. The van der Waals surface area contributed by atoms with Crippen LogP contribution >= 0.6 is 11.3 Å². The van der Waals surface area contributed by atoms with Gasteiger partial charge in [-0.15, -0.1) is 11.3 Å². The van der Waals surface area contributed by atoms with Crippen LogP contribution in [-0.2, 0) is 0 Å². The van der Waals surface area contributed by atoms with Crippen LogP contribution in [0.4, 0.5) is 11.4 Å². The van der Waals surface area contributed by atoms with E-state index in [4.69, 9.17) is 4.42 Å². The molecule has 0 aliphatic heterocycles. The molecule has 58 heavy (non-hydrogen) atoms. The summed E-state index contributed by atoms with van der Waals surface area (Å²) in [5.41, 5.74) is 14.3. The molecule has 3 aromatic heterocycles. The molecule has 0 saturated heterocycles. The maximum absolute atomic E-state index is 6.27. The molecule has 276 valence electrons. The quantitative estimate of drug-likeness (QED) is 0.168. The molecule has 0 amide bonds. The molecule has 10 aromatic rings. The van der Waals surface area contributed by atoms with Crippen molar-refractivity contribution in [1.82, 2.24) is 4.57 Å². The van der Waals surface area contributed by atoms with Crippen LogP contribution in [0.15, 0.2) is 192 Å². The normalized spacial score (nSPS) is 14.2. The Morgan fingerprint density at radius 1 is 0.552 bits per heavy atom. The van der Waals surface area contributed by atoms with E-state index in [0.717, 1.165) is 64.7 Å². The van der Waals surface area contributed by atoms with Crippen LogP contribution in [0.2, 0.25) is 0 Å². The van der Waals surface area contributed by atoms with Gasteiger partial charge in [0, 0.05) is 64.1 Å². The Bertz CT molecular complexity index is 3450. The van der Waals surface area contributed by atoms with E-state index in [2.05, 4.69) is 185 Å². The van der Waals surface area contributed by atoms with Gasteiger partial charge in [0.15, 0.2) is 0 Å². The number of anilines is 2. The summed E-state index contributed by atoms with van der Waals surface area (Å²) in [6, 6.07) is 59.3. The number of para-hydroxylation sites is 3. The van der Waals surface area contributed by atoms with Crippen molar-refractivity contribution >= 4 is 88.2 Å². The zero-order valence-corrected chi connectivity index (χ0v) is 32.7. The lowest BCUT2D eigenvalue weighted by molar-refractivity contribution is 0.669. The number of nitrogens with zero attached hydrogens (tertiary/aromatic N) is 2. The van der Waals surface area contributed by atoms with Crippen LogP contribution in [0, 0.1) is 0 Å². The molecule has 12 rings (SSSR count). The van der Waals surface area contributed by atoms with Gasteiger partial charge in [-0.25, -0.2) is 0 Å². The van der Waals surface area contributed by atoms with Crippen molar-refractivity contribution in [2.45, 2.75) is 25.7 Å². The molecule has 0 N–H and O–H groups in total. The molecule has 0 saturated carbocycles. The maximum Gasteiger partial charge on any atom is 0.136 e. The van der Waals surface area contributed by atoms with E-state index < -0.39 is 0 Å².